The molecule has 0 amide bonds. The molecule has 2 atom stereocenters. The molecule has 0 aromatic heterocycles. The van der Waals surface area contributed by atoms with E-state index in [1.54, 1.807) is 0 Å². The normalized spacial score (nSPS) is 14.6. The summed E-state index contributed by atoms with van der Waals surface area (Å²) in [5.41, 5.74) is 0. The van der Waals surface area contributed by atoms with Crippen LogP contribution in [0.4, 0.5) is 0 Å². The number of allylic oxidation sites excluding steroid dienone is 6. The molecular formula is C21H36O4. The Morgan fingerprint density at radius 3 is 2.08 bits per heavy atom. The van der Waals surface area contributed by atoms with E-state index in [2.05, 4.69) is 48.1 Å². The van der Waals surface area contributed by atoms with Crippen LogP contribution >= 0.6 is 0 Å². The topological polar surface area (TPSA) is 66.8 Å². The molecule has 0 heterocycles. The van der Waals surface area contributed by atoms with Gasteiger partial charge in [-0.3, -0.25) is 4.79 Å². The van der Waals surface area contributed by atoms with Crippen molar-refractivity contribution < 1.29 is 19.7 Å². The Bertz CT molecular complexity index is 397. The number of rotatable bonds is 15. The van der Waals surface area contributed by atoms with Crippen LogP contribution in [0.2, 0.25) is 0 Å². The Balaban J connectivity index is 3.40. The second-order valence-corrected chi connectivity index (χ2v) is 6.22. The summed E-state index contributed by atoms with van der Waals surface area (Å²) in [4.78, 5) is 11.4. The van der Waals surface area contributed by atoms with Crippen LogP contribution in [-0.4, -0.2) is 28.6 Å². The van der Waals surface area contributed by atoms with Gasteiger partial charge in [-0.2, -0.15) is 0 Å². The highest BCUT2D eigenvalue weighted by Crippen LogP contribution is 2.09. The van der Waals surface area contributed by atoms with E-state index in [4.69, 9.17) is 5.11 Å². The molecule has 2 unspecified atom stereocenters. The Kier molecular flexibility index (Phi) is 16.5. The smallest absolute Gasteiger partial charge is 0.308 e. The number of carbonyl (C=O) groups excluding carboxylic acids is 1. The third kappa shape index (κ3) is 17.2. The highest BCUT2D eigenvalue weighted by Gasteiger charge is 2.15. The second-order valence-electron chi connectivity index (χ2n) is 6.22. The SMILES string of the molecule is CC/C=C\C/C=C\C/C=C\CCCCCCCC(=O)OC(O)C(C)O. The van der Waals surface area contributed by atoms with Crippen molar-refractivity contribution in [1.82, 2.24) is 0 Å². The molecule has 0 aliphatic rings. The van der Waals surface area contributed by atoms with Crippen LogP contribution in [-0.2, 0) is 9.53 Å². The fraction of sp³-hybridized carbons (Fsp3) is 0.667. The zero-order valence-corrected chi connectivity index (χ0v) is 15.9. The van der Waals surface area contributed by atoms with Gasteiger partial charge in [0.05, 0.1) is 0 Å². The van der Waals surface area contributed by atoms with E-state index in [9.17, 15) is 9.90 Å². The molecule has 4 heteroatoms. The lowest BCUT2D eigenvalue weighted by Crippen LogP contribution is -2.28. The molecule has 0 saturated carbocycles. The van der Waals surface area contributed by atoms with Gasteiger partial charge in [0.1, 0.15) is 6.10 Å². The first-order valence-corrected chi connectivity index (χ1v) is 9.58. The standard InChI is InChI=1S/C21H36O4/c1-3-4-5-6-7-8-9-10-11-12-13-14-15-16-17-18-20(23)25-21(24)19(2)22/h4-5,7-8,10-11,19,21-22,24H,3,6,9,12-18H2,1-2H3/b5-4-,8-7-,11-10-. The third-order valence-electron chi connectivity index (χ3n) is 3.70. The Labute approximate surface area is 153 Å². The summed E-state index contributed by atoms with van der Waals surface area (Å²) in [5, 5.41) is 18.3. The molecule has 0 fully saturated rings. The van der Waals surface area contributed by atoms with Crippen molar-refractivity contribution >= 4 is 5.97 Å². The summed E-state index contributed by atoms with van der Waals surface area (Å²) in [7, 11) is 0. The van der Waals surface area contributed by atoms with E-state index >= 15 is 0 Å². The molecule has 0 aliphatic heterocycles. The predicted molar refractivity (Wildman–Crippen MR) is 103 cm³/mol. The average molecular weight is 353 g/mol. The van der Waals surface area contributed by atoms with Gasteiger partial charge in [0.15, 0.2) is 0 Å². The number of hydrogen-bond donors (Lipinski definition) is 2. The number of aliphatic hydroxyl groups excluding tert-OH is 2. The number of aliphatic hydroxyl groups is 2. The van der Waals surface area contributed by atoms with Crippen LogP contribution in [0.15, 0.2) is 36.5 Å². The van der Waals surface area contributed by atoms with Crippen molar-refractivity contribution in [3.63, 3.8) is 0 Å². The first-order valence-electron chi connectivity index (χ1n) is 9.58. The minimum absolute atomic E-state index is 0.295. The fourth-order valence-corrected chi connectivity index (χ4v) is 2.18. The number of hydrogen-bond acceptors (Lipinski definition) is 4. The van der Waals surface area contributed by atoms with Gasteiger partial charge in [-0.15, -0.1) is 0 Å². The molecule has 144 valence electrons. The lowest BCUT2D eigenvalue weighted by atomic mass is 10.1. The first kappa shape index (κ1) is 23.6. The molecule has 0 spiro atoms. The summed E-state index contributed by atoms with van der Waals surface area (Å²) in [6.07, 6.45) is 20.4. The Morgan fingerprint density at radius 2 is 1.44 bits per heavy atom. The maximum absolute atomic E-state index is 11.4. The monoisotopic (exact) mass is 352 g/mol. The molecule has 4 nitrogen and oxygen atoms in total. The number of esters is 1. The minimum Gasteiger partial charge on any atom is -0.433 e. The zero-order valence-electron chi connectivity index (χ0n) is 15.9. The van der Waals surface area contributed by atoms with Crippen molar-refractivity contribution in [2.24, 2.45) is 0 Å². The number of unbranched alkanes of at least 4 members (excludes halogenated alkanes) is 5. The molecule has 0 aliphatic carbocycles. The highest BCUT2D eigenvalue weighted by molar-refractivity contribution is 5.69. The van der Waals surface area contributed by atoms with Gasteiger partial charge in [-0.25, -0.2) is 0 Å². The first-order chi connectivity index (χ1) is 12.1. The van der Waals surface area contributed by atoms with Crippen LogP contribution in [0.1, 0.15) is 78.1 Å². The summed E-state index contributed by atoms with van der Waals surface area (Å²) in [5.74, 6) is -0.449. The van der Waals surface area contributed by atoms with E-state index in [0.29, 0.717) is 6.42 Å². The van der Waals surface area contributed by atoms with Crippen LogP contribution in [0, 0.1) is 0 Å². The lowest BCUT2D eigenvalue weighted by Gasteiger charge is -2.14. The minimum atomic E-state index is -1.41. The van der Waals surface area contributed by atoms with Crippen molar-refractivity contribution in [1.29, 1.82) is 0 Å². The molecule has 0 aromatic rings. The van der Waals surface area contributed by atoms with Gasteiger partial charge in [0.2, 0.25) is 6.29 Å². The summed E-state index contributed by atoms with van der Waals surface area (Å²) in [6.45, 7) is 3.52. The van der Waals surface area contributed by atoms with Crippen LogP contribution in [0.25, 0.3) is 0 Å². The number of ether oxygens (including phenoxy) is 1. The molecule has 0 saturated heterocycles. The maximum atomic E-state index is 11.4. The largest absolute Gasteiger partial charge is 0.433 e. The molecular weight excluding hydrogens is 316 g/mol. The molecule has 2 N–H and O–H groups in total. The van der Waals surface area contributed by atoms with Gasteiger partial charge < -0.3 is 14.9 Å². The van der Waals surface area contributed by atoms with Gasteiger partial charge in [-0.1, -0.05) is 62.6 Å². The number of carbonyl (C=O) groups is 1. The molecule has 0 rings (SSSR count). The van der Waals surface area contributed by atoms with Crippen molar-refractivity contribution in [3.8, 4) is 0 Å². The van der Waals surface area contributed by atoms with Crippen molar-refractivity contribution in [3.05, 3.63) is 36.5 Å². The quantitative estimate of drug-likeness (QED) is 0.192. The lowest BCUT2D eigenvalue weighted by molar-refractivity contribution is -0.184. The fourth-order valence-electron chi connectivity index (χ4n) is 2.18. The van der Waals surface area contributed by atoms with Gasteiger partial charge in [0, 0.05) is 6.42 Å². The average Bonchev–Trinajstić information content (AvgIpc) is 2.58. The van der Waals surface area contributed by atoms with Crippen molar-refractivity contribution in [2.75, 3.05) is 0 Å². The second kappa shape index (κ2) is 17.4. The molecule has 0 aromatic carbocycles. The third-order valence-corrected chi connectivity index (χ3v) is 3.70. The molecule has 0 bridgehead atoms. The highest BCUT2D eigenvalue weighted by atomic mass is 16.6. The summed E-state index contributed by atoms with van der Waals surface area (Å²) < 4.78 is 4.68. The van der Waals surface area contributed by atoms with E-state index in [-0.39, 0.29) is 0 Å². The molecule has 0 radical (unpaired) electrons. The van der Waals surface area contributed by atoms with Crippen LogP contribution < -0.4 is 0 Å². The predicted octanol–water partition coefficient (Wildman–Crippen LogP) is 4.82. The van der Waals surface area contributed by atoms with Gasteiger partial charge in [0.25, 0.3) is 0 Å². The summed E-state index contributed by atoms with van der Waals surface area (Å²) >= 11 is 0. The zero-order chi connectivity index (χ0) is 18.8. The van der Waals surface area contributed by atoms with Crippen LogP contribution in [0.5, 0.6) is 0 Å². The van der Waals surface area contributed by atoms with Gasteiger partial charge in [-0.05, 0) is 45.4 Å². The summed E-state index contributed by atoms with van der Waals surface area (Å²) in [6, 6.07) is 0. The Morgan fingerprint density at radius 1 is 0.880 bits per heavy atom. The van der Waals surface area contributed by atoms with Crippen molar-refractivity contribution in [2.45, 2.75) is 90.4 Å². The van der Waals surface area contributed by atoms with Gasteiger partial charge >= 0.3 is 5.97 Å². The molecule has 25 heavy (non-hydrogen) atoms. The van der Waals surface area contributed by atoms with E-state index in [1.807, 2.05) is 0 Å². The Hall–Kier alpha value is -1.39. The maximum Gasteiger partial charge on any atom is 0.308 e. The van der Waals surface area contributed by atoms with E-state index in [0.717, 1.165) is 51.4 Å². The van der Waals surface area contributed by atoms with E-state index in [1.165, 1.54) is 13.3 Å². The van der Waals surface area contributed by atoms with Crippen LogP contribution in [0.3, 0.4) is 0 Å². The van der Waals surface area contributed by atoms with E-state index < -0.39 is 18.4 Å².